The standard InChI is InChI=1S/C22H30N4O4/c23-20(27)19(16-10-12-30-13-11-16)24-21(28)26-18-9-5-4-8-17(18)25(22(26)29)14-15-6-2-1-3-7-15/h4-5,8-9,15-16,19H,1-3,6-7,10-14H2,(H2,23,27)(H,24,28)/t19-/m0/s1. The third-order valence-corrected chi connectivity index (χ3v) is 6.53. The first-order valence-corrected chi connectivity index (χ1v) is 10.9. The fourth-order valence-electron chi connectivity index (χ4n) is 4.88. The fourth-order valence-corrected chi connectivity index (χ4v) is 4.88. The van der Waals surface area contributed by atoms with Gasteiger partial charge < -0.3 is 15.8 Å². The van der Waals surface area contributed by atoms with Crippen LogP contribution >= 0.6 is 0 Å². The molecule has 2 amide bonds. The predicted octanol–water partition coefficient (Wildman–Crippen LogP) is 2.22. The maximum absolute atomic E-state index is 13.3. The van der Waals surface area contributed by atoms with Crippen LogP contribution < -0.4 is 16.7 Å². The van der Waals surface area contributed by atoms with Crippen molar-refractivity contribution in [2.45, 2.75) is 57.5 Å². The van der Waals surface area contributed by atoms with E-state index in [-0.39, 0.29) is 11.6 Å². The van der Waals surface area contributed by atoms with Crippen molar-refractivity contribution in [3.8, 4) is 0 Å². The molecule has 1 aliphatic carbocycles. The van der Waals surface area contributed by atoms with Gasteiger partial charge in [-0.25, -0.2) is 14.2 Å². The topological polar surface area (TPSA) is 108 Å². The van der Waals surface area contributed by atoms with Gasteiger partial charge in [-0.1, -0.05) is 31.4 Å². The average molecular weight is 415 g/mol. The van der Waals surface area contributed by atoms with Gasteiger partial charge in [-0.2, -0.15) is 0 Å². The Labute approximate surface area is 175 Å². The van der Waals surface area contributed by atoms with Crippen molar-refractivity contribution in [1.29, 1.82) is 0 Å². The number of hydrogen-bond acceptors (Lipinski definition) is 4. The molecule has 1 atom stereocenters. The summed E-state index contributed by atoms with van der Waals surface area (Å²) in [7, 11) is 0. The Hall–Kier alpha value is -2.61. The Balaban J connectivity index is 1.64. The lowest BCUT2D eigenvalue weighted by molar-refractivity contribution is -0.121. The van der Waals surface area contributed by atoms with Crippen LogP contribution in [0.25, 0.3) is 11.0 Å². The number of hydrogen-bond donors (Lipinski definition) is 2. The third kappa shape index (κ3) is 4.14. The molecule has 8 heteroatoms. The van der Waals surface area contributed by atoms with Crippen molar-refractivity contribution in [1.82, 2.24) is 14.5 Å². The van der Waals surface area contributed by atoms with E-state index in [2.05, 4.69) is 5.32 Å². The van der Waals surface area contributed by atoms with Crippen LogP contribution in [0.4, 0.5) is 4.79 Å². The molecule has 30 heavy (non-hydrogen) atoms. The molecule has 3 N–H and O–H groups in total. The van der Waals surface area contributed by atoms with Gasteiger partial charge in [0, 0.05) is 19.8 Å². The van der Waals surface area contributed by atoms with E-state index in [0.717, 1.165) is 22.9 Å². The summed E-state index contributed by atoms with van der Waals surface area (Å²) in [5.74, 6) is -0.236. The summed E-state index contributed by atoms with van der Waals surface area (Å²) in [4.78, 5) is 38.5. The lowest BCUT2D eigenvalue weighted by atomic mass is 9.89. The highest BCUT2D eigenvalue weighted by Gasteiger charge is 2.31. The first kappa shape index (κ1) is 20.7. The largest absolute Gasteiger partial charge is 0.381 e. The Morgan fingerprint density at radius 3 is 2.40 bits per heavy atom. The highest BCUT2D eigenvalue weighted by molar-refractivity contribution is 5.92. The van der Waals surface area contributed by atoms with Crippen LogP contribution in [0, 0.1) is 11.8 Å². The molecule has 8 nitrogen and oxygen atoms in total. The highest BCUT2D eigenvalue weighted by Crippen LogP contribution is 2.26. The Morgan fingerprint density at radius 1 is 1.07 bits per heavy atom. The normalized spacial score (nSPS) is 19.6. The summed E-state index contributed by atoms with van der Waals surface area (Å²) >= 11 is 0. The van der Waals surface area contributed by atoms with Crippen LogP contribution in [-0.4, -0.2) is 40.3 Å². The number of nitrogens with one attached hydrogen (secondary N) is 1. The number of imidazole rings is 1. The molecule has 2 fully saturated rings. The smallest absolute Gasteiger partial charge is 0.337 e. The zero-order valence-electron chi connectivity index (χ0n) is 17.2. The van der Waals surface area contributed by atoms with Crippen molar-refractivity contribution in [2.24, 2.45) is 17.6 Å². The first-order chi connectivity index (χ1) is 14.6. The molecule has 0 unspecified atom stereocenters. The lowest BCUT2D eigenvalue weighted by Gasteiger charge is -2.28. The number of benzene rings is 1. The quantitative estimate of drug-likeness (QED) is 0.782. The maximum Gasteiger partial charge on any atom is 0.337 e. The minimum atomic E-state index is -0.825. The molecular weight excluding hydrogens is 384 g/mol. The lowest BCUT2D eigenvalue weighted by Crippen LogP contribution is -2.52. The van der Waals surface area contributed by atoms with Crippen LogP contribution in [0.3, 0.4) is 0 Å². The molecule has 1 aliphatic heterocycles. The van der Waals surface area contributed by atoms with Crippen molar-refractivity contribution < 1.29 is 14.3 Å². The van der Waals surface area contributed by atoms with Gasteiger partial charge in [-0.15, -0.1) is 0 Å². The maximum atomic E-state index is 13.3. The minimum Gasteiger partial charge on any atom is -0.381 e. The number of amides is 2. The Kier molecular flexibility index (Phi) is 6.22. The van der Waals surface area contributed by atoms with Gasteiger partial charge in [0.2, 0.25) is 5.91 Å². The van der Waals surface area contributed by atoms with Gasteiger partial charge >= 0.3 is 11.7 Å². The highest BCUT2D eigenvalue weighted by atomic mass is 16.5. The zero-order chi connectivity index (χ0) is 21.1. The molecular formula is C22H30N4O4. The van der Waals surface area contributed by atoms with E-state index in [9.17, 15) is 14.4 Å². The number of fused-ring (bicyclic) bond motifs is 1. The van der Waals surface area contributed by atoms with E-state index < -0.39 is 18.0 Å². The second kappa shape index (κ2) is 9.04. The molecule has 2 heterocycles. The second-order valence-electron chi connectivity index (χ2n) is 8.50. The van der Waals surface area contributed by atoms with E-state index in [4.69, 9.17) is 10.5 Å². The monoisotopic (exact) mass is 414 g/mol. The molecule has 1 aromatic carbocycles. The predicted molar refractivity (Wildman–Crippen MR) is 113 cm³/mol. The molecule has 162 valence electrons. The molecule has 2 aromatic rings. The van der Waals surface area contributed by atoms with E-state index >= 15 is 0 Å². The van der Waals surface area contributed by atoms with Crippen molar-refractivity contribution in [3.63, 3.8) is 0 Å². The summed E-state index contributed by atoms with van der Waals surface area (Å²) in [6, 6.07) is 5.88. The summed E-state index contributed by atoms with van der Waals surface area (Å²) < 4.78 is 8.20. The van der Waals surface area contributed by atoms with E-state index in [1.165, 1.54) is 19.3 Å². The molecule has 0 radical (unpaired) electrons. The summed E-state index contributed by atoms with van der Waals surface area (Å²) in [6.07, 6.45) is 7.11. The van der Waals surface area contributed by atoms with Gasteiger partial charge in [-0.3, -0.25) is 9.36 Å². The fraction of sp³-hybridized carbons (Fsp3) is 0.591. The van der Waals surface area contributed by atoms with Gasteiger partial charge in [0.05, 0.1) is 11.0 Å². The van der Waals surface area contributed by atoms with Crippen molar-refractivity contribution >= 4 is 23.0 Å². The minimum absolute atomic E-state index is 0.0912. The number of para-hydroxylation sites is 2. The van der Waals surface area contributed by atoms with Crippen molar-refractivity contribution in [2.75, 3.05) is 13.2 Å². The number of rotatable bonds is 5. The third-order valence-electron chi connectivity index (χ3n) is 6.53. The molecule has 1 aromatic heterocycles. The number of nitrogens with zero attached hydrogens (tertiary/aromatic N) is 2. The number of carbonyl (C=O) groups is 2. The molecule has 4 rings (SSSR count). The SMILES string of the molecule is NC(=O)[C@@H](NC(=O)n1c(=O)n(CC2CCCCC2)c2ccccc21)C1CCOCC1. The molecule has 1 saturated carbocycles. The van der Waals surface area contributed by atoms with Crippen molar-refractivity contribution in [3.05, 3.63) is 34.7 Å². The molecule has 2 aliphatic rings. The number of ether oxygens (including phenoxy) is 1. The van der Waals surface area contributed by atoms with Crippen LogP contribution in [0.5, 0.6) is 0 Å². The van der Waals surface area contributed by atoms with Gasteiger partial charge in [-0.05, 0) is 49.7 Å². The second-order valence-corrected chi connectivity index (χ2v) is 8.50. The first-order valence-electron chi connectivity index (χ1n) is 10.9. The average Bonchev–Trinajstić information content (AvgIpc) is 3.04. The Morgan fingerprint density at radius 2 is 1.73 bits per heavy atom. The van der Waals surface area contributed by atoms with Gasteiger partial charge in [0.1, 0.15) is 6.04 Å². The number of primary amides is 1. The summed E-state index contributed by atoms with van der Waals surface area (Å²) in [6.45, 7) is 1.68. The van der Waals surface area contributed by atoms with Gasteiger partial charge in [0.15, 0.2) is 0 Å². The van der Waals surface area contributed by atoms with Crippen LogP contribution in [0.1, 0.15) is 44.9 Å². The molecule has 0 spiro atoms. The van der Waals surface area contributed by atoms with E-state index in [1.807, 2.05) is 12.1 Å². The number of nitrogens with two attached hydrogens (primary N) is 1. The Bertz CT molecular complexity index is 967. The molecule has 1 saturated heterocycles. The van der Waals surface area contributed by atoms with Crippen LogP contribution in [-0.2, 0) is 16.1 Å². The number of aromatic nitrogens is 2. The van der Waals surface area contributed by atoms with E-state index in [0.29, 0.717) is 44.0 Å². The van der Waals surface area contributed by atoms with Crippen LogP contribution in [0.15, 0.2) is 29.1 Å². The zero-order valence-corrected chi connectivity index (χ0v) is 17.2. The summed E-state index contributed by atoms with van der Waals surface area (Å²) in [5.41, 5.74) is 6.51. The number of carbonyl (C=O) groups excluding carboxylic acids is 2. The van der Waals surface area contributed by atoms with E-state index in [1.54, 1.807) is 16.7 Å². The van der Waals surface area contributed by atoms with Gasteiger partial charge in [0.25, 0.3) is 0 Å². The summed E-state index contributed by atoms with van der Waals surface area (Å²) in [5, 5.41) is 2.73. The molecule has 0 bridgehead atoms. The van der Waals surface area contributed by atoms with Crippen LogP contribution in [0.2, 0.25) is 0 Å².